The highest BCUT2D eigenvalue weighted by Gasteiger charge is 2.30. The number of fused-ring (bicyclic) bond motifs is 2. The second-order valence-electron chi connectivity index (χ2n) is 8.53. The maximum Gasteiger partial charge on any atom is 0.228 e. The topological polar surface area (TPSA) is 122 Å². The lowest BCUT2D eigenvalue weighted by atomic mass is 10.1. The van der Waals surface area contributed by atoms with Gasteiger partial charge in [-0.15, -0.1) is 15.3 Å². The Labute approximate surface area is 195 Å². The van der Waals surface area contributed by atoms with Gasteiger partial charge in [0.05, 0.1) is 25.1 Å². The van der Waals surface area contributed by atoms with Crippen LogP contribution in [0.15, 0.2) is 30.6 Å². The van der Waals surface area contributed by atoms with Crippen molar-refractivity contribution in [2.75, 3.05) is 48.4 Å². The molecule has 2 fully saturated rings. The Morgan fingerprint density at radius 3 is 2.85 bits per heavy atom. The first kappa shape index (κ1) is 20.7. The molecule has 1 saturated heterocycles. The fourth-order valence-corrected chi connectivity index (χ4v) is 4.14. The number of carbonyl (C=O) groups is 1. The molecule has 0 aromatic carbocycles. The van der Waals surface area contributed by atoms with Gasteiger partial charge in [-0.25, -0.2) is 14.5 Å². The lowest BCUT2D eigenvalue weighted by Gasteiger charge is -2.28. The van der Waals surface area contributed by atoms with E-state index in [1.165, 1.54) is 0 Å². The third-order valence-corrected chi connectivity index (χ3v) is 6.11. The third kappa shape index (κ3) is 3.87. The second kappa shape index (κ2) is 8.49. The number of ether oxygens (including phenoxy) is 1. The predicted octanol–water partition coefficient (Wildman–Crippen LogP) is 2.35. The Kier molecular flexibility index (Phi) is 5.17. The number of carbonyl (C=O) groups excluding carboxylic acids is 1. The van der Waals surface area contributed by atoms with Crippen LogP contribution in [0, 0.1) is 5.92 Å². The summed E-state index contributed by atoms with van der Waals surface area (Å²) in [5, 5.41) is 20.2. The zero-order chi connectivity index (χ0) is 23.1. The molecule has 0 atom stereocenters. The van der Waals surface area contributed by atoms with Crippen LogP contribution in [-0.2, 0) is 9.53 Å². The van der Waals surface area contributed by atoms with E-state index < -0.39 is 0 Å². The lowest BCUT2D eigenvalue weighted by molar-refractivity contribution is -0.117. The van der Waals surface area contributed by atoms with E-state index in [4.69, 9.17) is 14.8 Å². The van der Waals surface area contributed by atoms with Crippen molar-refractivity contribution in [3.05, 3.63) is 30.6 Å². The molecule has 0 bridgehead atoms. The average molecular weight is 460 g/mol. The fourth-order valence-electron chi connectivity index (χ4n) is 4.14. The van der Waals surface area contributed by atoms with Crippen LogP contribution in [0.1, 0.15) is 19.8 Å². The third-order valence-electron chi connectivity index (χ3n) is 6.11. The number of amides is 1. The highest BCUT2D eigenvalue weighted by atomic mass is 16.5. The van der Waals surface area contributed by atoms with Crippen LogP contribution in [0.2, 0.25) is 0 Å². The van der Waals surface area contributed by atoms with Gasteiger partial charge in [-0.05, 0) is 38.0 Å². The molecule has 174 valence electrons. The Morgan fingerprint density at radius 1 is 1.21 bits per heavy atom. The number of nitrogens with zero attached hydrogens (tertiary/aromatic N) is 7. The van der Waals surface area contributed by atoms with E-state index in [-0.39, 0.29) is 11.8 Å². The first-order valence-corrected chi connectivity index (χ1v) is 11.6. The van der Waals surface area contributed by atoms with Gasteiger partial charge in [0.1, 0.15) is 5.52 Å². The largest absolute Gasteiger partial charge is 0.378 e. The first-order chi connectivity index (χ1) is 16.7. The van der Waals surface area contributed by atoms with E-state index in [0.717, 1.165) is 61.4 Å². The van der Waals surface area contributed by atoms with E-state index in [1.807, 2.05) is 25.3 Å². The molecular weight excluding hydrogens is 434 g/mol. The minimum Gasteiger partial charge on any atom is -0.378 e. The molecule has 0 radical (unpaired) electrons. The first-order valence-electron chi connectivity index (χ1n) is 11.6. The molecule has 4 aromatic heterocycles. The van der Waals surface area contributed by atoms with Gasteiger partial charge in [0.2, 0.25) is 5.91 Å². The lowest BCUT2D eigenvalue weighted by Crippen LogP contribution is -2.36. The number of pyridine rings is 2. The minimum absolute atomic E-state index is 0.0161. The molecule has 1 aliphatic carbocycles. The van der Waals surface area contributed by atoms with E-state index in [0.29, 0.717) is 29.5 Å². The van der Waals surface area contributed by atoms with Crippen LogP contribution in [0.4, 0.5) is 17.3 Å². The van der Waals surface area contributed by atoms with Gasteiger partial charge < -0.3 is 20.3 Å². The van der Waals surface area contributed by atoms with Crippen molar-refractivity contribution in [2.45, 2.75) is 19.8 Å². The quantitative estimate of drug-likeness (QED) is 0.447. The normalized spacial score (nSPS) is 16.2. The van der Waals surface area contributed by atoms with Crippen molar-refractivity contribution >= 4 is 39.8 Å². The number of rotatable bonds is 6. The Bertz CT molecular complexity index is 1380. The van der Waals surface area contributed by atoms with Crippen molar-refractivity contribution in [1.29, 1.82) is 0 Å². The minimum atomic E-state index is -0.0161. The molecule has 1 amide bonds. The fraction of sp³-hybridized carbons (Fsp3) is 0.391. The molecule has 0 spiro atoms. The summed E-state index contributed by atoms with van der Waals surface area (Å²) in [5.74, 6) is 1.64. The molecule has 34 heavy (non-hydrogen) atoms. The van der Waals surface area contributed by atoms with E-state index in [9.17, 15) is 4.79 Å². The highest BCUT2D eigenvalue weighted by molar-refractivity contribution is 6.01. The SMILES string of the molecule is CCNc1ncc(-c2nc3ccc(N4CCOCC4)cn3n2)c2cc(NC(=O)C3CC3)nnc12. The summed E-state index contributed by atoms with van der Waals surface area (Å²) in [6, 6.07) is 5.84. The molecule has 11 nitrogen and oxygen atoms in total. The van der Waals surface area contributed by atoms with Gasteiger partial charge in [-0.2, -0.15) is 0 Å². The molecule has 1 aliphatic heterocycles. The summed E-state index contributed by atoms with van der Waals surface area (Å²) >= 11 is 0. The van der Waals surface area contributed by atoms with Crippen LogP contribution in [0.3, 0.4) is 0 Å². The van der Waals surface area contributed by atoms with Gasteiger partial charge in [0, 0.05) is 42.7 Å². The molecular formula is C23H25N9O2. The van der Waals surface area contributed by atoms with E-state index >= 15 is 0 Å². The number of hydrogen-bond acceptors (Lipinski definition) is 9. The number of anilines is 3. The zero-order valence-electron chi connectivity index (χ0n) is 18.9. The highest BCUT2D eigenvalue weighted by Crippen LogP contribution is 2.32. The zero-order valence-corrected chi connectivity index (χ0v) is 18.9. The molecule has 1 saturated carbocycles. The average Bonchev–Trinajstić information content (AvgIpc) is 3.64. The second-order valence-corrected chi connectivity index (χ2v) is 8.53. The van der Waals surface area contributed by atoms with Gasteiger partial charge in [0.15, 0.2) is 23.1 Å². The van der Waals surface area contributed by atoms with Crippen molar-refractivity contribution in [3.8, 4) is 11.4 Å². The summed E-state index contributed by atoms with van der Waals surface area (Å²) in [7, 11) is 0. The van der Waals surface area contributed by atoms with Crippen molar-refractivity contribution < 1.29 is 9.53 Å². The number of nitrogens with one attached hydrogen (secondary N) is 2. The van der Waals surface area contributed by atoms with Crippen molar-refractivity contribution in [2.24, 2.45) is 5.92 Å². The van der Waals surface area contributed by atoms with Gasteiger partial charge >= 0.3 is 0 Å². The maximum absolute atomic E-state index is 12.3. The van der Waals surface area contributed by atoms with Crippen molar-refractivity contribution in [1.82, 2.24) is 29.8 Å². The monoisotopic (exact) mass is 459 g/mol. The van der Waals surface area contributed by atoms with Crippen molar-refractivity contribution in [3.63, 3.8) is 0 Å². The molecule has 2 N–H and O–H groups in total. The standard InChI is InChI=1S/C23H25N9O2/c1-2-24-22-20-16(11-18(28-29-20)26-23(33)14-3-4-14)17(12-25-22)21-27-19-6-5-15(13-32(19)30-21)31-7-9-34-10-8-31/h5-6,11-14H,2-4,7-10H2,1H3,(H,24,25)(H,26,28,33). The molecule has 5 heterocycles. The van der Waals surface area contributed by atoms with Gasteiger partial charge in [0.25, 0.3) is 0 Å². The Hall–Kier alpha value is -3.86. The number of morpholine rings is 1. The van der Waals surface area contributed by atoms with Gasteiger partial charge in [-0.1, -0.05) is 0 Å². The Balaban J connectivity index is 1.41. The summed E-state index contributed by atoms with van der Waals surface area (Å²) in [5.41, 5.74) is 3.15. The van der Waals surface area contributed by atoms with Crippen LogP contribution >= 0.6 is 0 Å². The van der Waals surface area contributed by atoms with E-state index in [2.05, 4.69) is 36.8 Å². The molecule has 11 heteroatoms. The van der Waals surface area contributed by atoms with Crippen LogP contribution in [-0.4, -0.2) is 68.5 Å². The van der Waals surface area contributed by atoms with Gasteiger partial charge in [-0.3, -0.25) is 4.79 Å². The Morgan fingerprint density at radius 2 is 2.06 bits per heavy atom. The maximum atomic E-state index is 12.3. The summed E-state index contributed by atoms with van der Waals surface area (Å²) in [6.45, 7) is 5.83. The van der Waals surface area contributed by atoms with Crippen LogP contribution in [0.25, 0.3) is 27.9 Å². The molecule has 6 rings (SSSR count). The summed E-state index contributed by atoms with van der Waals surface area (Å²) in [4.78, 5) is 23.8. The predicted molar refractivity (Wildman–Crippen MR) is 128 cm³/mol. The number of hydrogen-bond donors (Lipinski definition) is 2. The van der Waals surface area contributed by atoms with Crippen LogP contribution in [0.5, 0.6) is 0 Å². The van der Waals surface area contributed by atoms with E-state index in [1.54, 1.807) is 10.7 Å². The summed E-state index contributed by atoms with van der Waals surface area (Å²) < 4.78 is 7.25. The molecule has 4 aromatic rings. The number of aromatic nitrogens is 6. The smallest absolute Gasteiger partial charge is 0.228 e. The summed E-state index contributed by atoms with van der Waals surface area (Å²) in [6.07, 6.45) is 5.57. The molecule has 0 unspecified atom stereocenters. The van der Waals surface area contributed by atoms with Crippen LogP contribution < -0.4 is 15.5 Å². The molecule has 2 aliphatic rings.